The van der Waals surface area contributed by atoms with Gasteiger partial charge in [-0.1, -0.05) is 62.2 Å². The number of benzene rings is 3. The molecule has 36 heavy (non-hydrogen) atoms. The molecule has 8 heteroatoms. The predicted octanol–water partition coefficient (Wildman–Crippen LogP) is 6.48. The number of ether oxygens (including phenoxy) is 1. The average Bonchev–Trinajstić information content (AvgIpc) is 2.82. The number of amides is 4. The van der Waals surface area contributed by atoms with Gasteiger partial charge in [0.25, 0.3) is 11.8 Å². The van der Waals surface area contributed by atoms with Crippen LogP contribution in [0.5, 0.6) is 5.75 Å². The highest BCUT2D eigenvalue weighted by Gasteiger charge is 2.37. The van der Waals surface area contributed by atoms with E-state index in [2.05, 4.69) is 37.2 Å². The van der Waals surface area contributed by atoms with E-state index >= 15 is 0 Å². The molecule has 3 aromatic carbocycles. The van der Waals surface area contributed by atoms with Crippen molar-refractivity contribution in [1.82, 2.24) is 5.32 Å². The lowest BCUT2D eigenvalue weighted by Gasteiger charge is -2.28. The van der Waals surface area contributed by atoms with Crippen LogP contribution in [0, 0.1) is 13.8 Å². The molecule has 4 amide bonds. The SMILES string of the molecule is CCOc1cc(/C=C2\C(=O)NC(=O)N(c3cc(C)ccc3C)C2=O)cc(Br)c1Cc1ccccc1Br. The second kappa shape index (κ2) is 10.8. The van der Waals surface area contributed by atoms with Crippen LogP contribution in [0.1, 0.15) is 34.7 Å². The highest BCUT2D eigenvalue weighted by Crippen LogP contribution is 2.34. The molecule has 1 N–H and O–H groups in total. The van der Waals surface area contributed by atoms with E-state index in [0.29, 0.717) is 30.0 Å². The molecule has 4 rings (SSSR count). The van der Waals surface area contributed by atoms with Gasteiger partial charge >= 0.3 is 6.03 Å². The molecule has 0 bridgehead atoms. The monoisotopic (exact) mass is 610 g/mol. The average molecular weight is 612 g/mol. The van der Waals surface area contributed by atoms with Crippen molar-refractivity contribution in [3.63, 3.8) is 0 Å². The maximum absolute atomic E-state index is 13.4. The summed E-state index contributed by atoms with van der Waals surface area (Å²) in [5.74, 6) is -0.776. The normalized spacial score (nSPS) is 14.9. The van der Waals surface area contributed by atoms with Crippen molar-refractivity contribution in [3.8, 4) is 5.75 Å². The lowest BCUT2D eigenvalue weighted by atomic mass is 10.00. The van der Waals surface area contributed by atoms with Gasteiger partial charge in [-0.05, 0) is 73.4 Å². The van der Waals surface area contributed by atoms with Crippen LogP contribution < -0.4 is 15.0 Å². The van der Waals surface area contributed by atoms with E-state index in [-0.39, 0.29) is 5.57 Å². The standard InChI is InChI=1S/C28H24Br2N2O4/c1-4-36-25-14-18(13-23(30)20(25)15-19-7-5-6-8-22(19)29)12-21-26(33)31-28(35)32(27(21)34)24-11-16(2)9-10-17(24)3/h5-14H,4,15H2,1-3H3,(H,31,33,35)/b21-12+. The number of hydrogen-bond donors (Lipinski definition) is 1. The van der Waals surface area contributed by atoms with Gasteiger partial charge in [0, 0.05) is 20.9 Å². The molecule has 1 aliphatic heterocycles. The molecule has 0 radical (unpaired) electrons. The first-order valence-corrected chi connectivity index (χ1v) is 13.0. The molecule has 1 heterocycles. The first-order valence-electron chi connectivity index (χ1n) is 11.4. The van der Waals surface area contributed by atoms with Gasteiger partial charge in [0.1, 0.15) is 11.3 Å². The lowest BCUT2D eigenvalue weighted by molar-refractivity contribution is -0.122. The van der Waals surface area contributed by atoms with E-state index in [0.717, 1.165) is 36.1 Å². The molecule has 0 atom stereocenters. The Morgan fingerprint density at radius 2 is 1.72 bits per heavy atom. The van der Waals surface area contributed by atoms with E-state index in [1.54, 1.807) is 12.1 Å². The Hall–Kier alpha value is -3.23. The quantitative estimate of drug-likeness (QED) is 0.256. The van der Waals surface area contributed by atoms with Crippen LogP contribution in [0.3, 0.4) is 0 Å². The lowest BCUT2D eigenvalue weighted by Crippen LogP contribution is -2.54. The molecule has 0 aliphatic carbocycles. The van der Waals surface area contributed by atoms with Crippen LogP contribution in [-0.2, 0) is 16.0 Å². The number of urea groups is 1. The minimum absolute atomic E-state index is 0.136. The Bertz CT molecular complexity index is 1410. The Morgan fingerprint density at radius 1 is 0.972 bits per heavy atom. The summed E-state index contributed by atoms with van der Waals surface area (Å²) in [6.07, 6.45) is 2.10. The highest BCUT2D eigenvalue weighted by molar-refractivity contribution is 9.10. The summed E-state index contributed by atoms with van der Waals surface area (Å²) in [5.41, 5.74) is 4.57. The van der Waals surface area contributed by atoms with Crippen LogP contribution in [-0.4, -0.2) is 24.5 Å². The summed E-state index contributed by atoms with van der Waals surface area (Å²) in [6, 6.07) is 16.3. The van der Waals surface area contributed by atoms with E-state index in [4.69, 9.17) is 4.74 Å². The Morgan fingerprint density at radius 3 is 2.44 bits per heavy atom. The van der Waals surface area contributed by atoms with Gasteiger partial charge in [-0.25, -0.2) is 9.69 Å². The van der Waals surface area contributed by atoms with Crippen molar-refractivity contribution in [2.75, 3.05) is 11.5 Å². The summed E-state index contributed by atoms with van der Waals surface area (Å²) in [7, 11) is 0. The Kier molecular flexibility index (Phi) is 7.76. The molecule has 3 aromatic rings. The number of halogens is 2. The van der Waals surface area contributed by atoms with Crippen molar-refractivity contribution in [3.05, 3.63) is 96.9 Å². The second-order valence-corrected chi connectivity index (χ2v) is 10.1. The third kappa shape index (κ3) is 5.29. The molecule has 0 unspecified atom stereocenters. The second-order valence-electron chi connectivity index (χ2n) is 8.43. The summed E-state index contributed by atoms with van der Waals surface area (Å²) >= 11 is 7.24. The zero-order valence-corrected chi connectivity index (χ0v) is 23.2. The first kappa shape index (κ1) is 25.9. The molecule has 0 aromatic heterocycles. The number of barbiturate groups is 1. The van der Waals surface area contributed by atoms with Gasteiger partial charge in [0.05, 0.1) is 12.3 Å². The van der Waals surface area contributed by atoms with E-state index < -0.39 is 17.8 Å². The van der Waals surface area contributed by atoms with Crippen LogP contribution in [0.4, 0.5) is 10.5 Å². The van der Waals surface area contributed by atoms with Crippen molar-refractivity contribution in [2.45, 2.75) is 27.2 Å². The number of anilines is 1. The zero-order chi connectivity index (χ0) is 26.0. The number of nitrogens with one attached hydrogen (secondary N) is 1. The summed E-state index contributed by atoms with van der Waals surface area (Å²) < 4.78 is 7.70. The number of rotatable bonds is 6. The maximum Gasteiger partial charge on any atom is 0.335 e. The van der Waals surface area contributed by atoms with Crippen molar-refractivity contribution < 1.29 is 19.1 Å². The van der Waals surface area contributed by atoms with Gasteiger partial charge in [0.2, 0.25) is 0 Å². The van der Waals surface area contributed by atoms with Crippen molar-refractivity contribution in [1.29, 1.82) is 0 Å². The van der Waals surface area contributed by atoms with Gasteiger partial charge < -0.3 is 4.74 Å². The predicted molar refractivity (Wildman–Crippen MR) is 147 cm³/mol. The largest absolute Gasteiger partial charge is 0.494 e. The topological polar surface area (TPSA) is 75.7 Å². The summed E-state index contributed by atoms with van der Waals surface area (Å²) in [6.45, 7) is 6.03. The number of carbonyl (C=O) groups is 3. The van der Waals surface area contributed by atoms with Gasteiger partial charge in [-0.15, -0.1) is 0 Å². The highest BCUT2D eigenvalue weighted by atomic mass is 79.9. The molecular formula is C28H24Br2N2O4. The van der Waals surface area contributed by atoms with Crippen LogP contribution in [0.2, 0.25) is 0 Å². The minimum atomic E-state index is -0.768. The molecule has 0 spiro atoms. The third-order valence-corrected chi connectivity index (χ3v) is 7.30. The summed E-state index contributed by atoms with van der Waals surface area (Å²) in [5, 5.41) is 2.29. The fourth-order valence-corrected chi connectivity index (χ4v) is 5.03. The number of carbonyl (C=O) groups excluding carboxylic acids is 3. The van der Waals surface area contributed by atoms with E-state index in [9.17, 15) is 14.4 Å². The van der Waals surface area contributed by atoms with Gasteiger partial charge in [-0.2, -0.15) is 0 Å². The van der Waals surface area contributed by atoms with Gasteiger partial charge in [-0.3, -0.25) is 14.9 Å². The first-order chi connectivity index (χ1) is 17.2. The third-order valence-electron chi connectivity index (χ3n) is 5.82. The van der Waals surface area contributed by atoms with Crippen molar-refractivity contribution in [2.24, 2.45) is 0 Å². The van der Waals surface area contributed by atoms with Crippen LogP contribution in [0.15, 0.2) is 69.1 Å². The molecule has 1 saturated heterocycles. The van der Waals surface area contributed by atoms with Crippen LogP contribution >= 0.6 is 31.9 Å². The van der Waals surface area contributed by atoms with Crippen LogP contribution in [0.25, 0.3) is 6.08 Å². The fourth-order valence-electron chi connectivity index (χ4n) is 4.01. The minimum Gasteiger partial charge on any atom is -0.494 e. The number of nitrogens with zero attached hydrogens (tertiary/aromatic N) is 1. The van der Waals surface area contributed by atoms with Gasteiger partial charge in [0.15, 0.2) is 0 Å². The molecule has 1 aliphatic rings. The van der Waals surface area contributed by atoms with Crippen molar-refractivity contribution >= 4 is 61.5 Å². The smallest absolute Gasteiger partial charge is 0.335 e. The number of aryl methyl sites for hydroxylation is 2. The molecule has 1 fully saturated rings. The fraction of sp³-hybridized carbons (Fsp3) is 0.179. The summed E-state index contributed by atoms with van der Waals surface area (Å²) in [4.78, 5) is 39.7. The maximum atomic E-state index is 13.4. The Balaban J connectivity index is 1.75. The Labute approximate surface area is 226 Å². The van der Waals surface area contributed by atoms with E-state index in [1.165, 1.54) is 6.08 Å². The molecule has 6 nitrogen and oxygen atoms in total. The molecular weight excluding hydrogens is 588 g/mol. The zero-order valence-electron chi connectivity index (χ0n) is 20.0. The molecule has 0 saturated carbocycles. The molecule has 184 valence electrons. The number of imide groups is 2. The number of hydrogen-bond acceptors (Lipinski definition) is 4. The van der Waals surface area contributed by atoms with E-state index in [1.807, 2.05) is 63.2 Å².